The minimum Gasteiger partial charge on any atom is -0.406 e. The third-order valence-corrected chi connectivity index (χ3v) is 1.55. The summed E-state index contributed by atoms with van der Waals surface area (Å²) in [6.45, 7) is -0.681. The molecule has 0 atom stereocenters. The summed E-state index contributed by atoms with van der Waals surface area (Å²) in [7, 11) is 0. The number of hydrogen-bond acceptors (Lipinski definition) is 3. The third-order valence-electron chi connectivity index (χ3n) is 1.55. The molecule has 0 radical (unpaired) electrons. The Bertz CT molecular complexity index is 343. The van der Waals surface area contributed by atoms with Gasteiger partial charge in [-0.15, -0.1) is 13.2 Å². The van der Waals surface area contributed by atoms with E-state index in [1.54, 1.807) is 0 Å². The fraction of sp³-hybridized carbons (Fsp3) is 0.222. The highest BCUT2D eigenvalue weighted by atomic mass is 19.4. The van der Waals surface area contributed by atoms with E-state index >= 15 is 0 Å². The zero-order valence-electron chi connectivity index (χ0n) is 7.41. The number of ketones is 1. The maximum absolute atomic E-state index is 11.7. The van der Waals surface area contributed by atoms with Gasteiger partial charge in [0.2, 0.25) is 0 Å². The van der Waals surface area contributed by atoms with Gasteiger partial charge in [0.25, 0.3) is 0 Å². The smallest absolute Gasteiger partial charge is 0.406 e. The van der Waals surface area contributed by atoms with Gasteiger partial charge in [0.05, 0.1) is 0 Å². The van der Waals surface area contributed by atoms with Crippen molar-refractivity contribution < 1.29 is 27.8 Å². The van der Waals surface area contributed by atoms with Crippen LogP contribution in [-0.2, 0) is 0 Å². The summed E-state index contributed by atoms with van der Waals surface area (Å²) in [5.74, 6) is -0.967. The largest absolute Gasteiger partial charge is 0.573 e. The fourth-order valence-electron chi connectivity index (χ4n) is 0.934. The highest BCUT2D eigenvalue weighted by molar-refractivity contribution is 5.96. The number of carbonyl (C=O) groups excluding carboxylic acids is 1. The zero-order valence-corrected chi connectivity index (χ0v) is 7.41. The van der Waals surface area contributed by atoms with Crippen molar-refractivity contribution >= 4 is 5.78 Å². The summed E-state index contributed by atoms with van der Waals surface area (Å²) in [6, 6.07) is 4.33. The van der Waals surface area contributed by atoms with Gasteiger partial charge in [0.1, 0.15) is 12.4 Å². The summed E-state index contributed by atoms with van der Waals surface area (Å²) in [5, 5.41) is 8.48. The molecule has 3 nitrogen and oxygen atoms in total. The second-order valence-electron chi connectivity index (χ2n) is 2.65. The Morgan fingerprint density at radius 3 is 2.20 bits per heavy atom. The maximum atomic E-state index is 11.7. The van der Waals surface area contributed by atoms with Gasteiger partial charge < -0.3 is 9.84 Å². The number of carbonyl (C=O) groups is 1. The predicted molar refractivity (Wildman–Crippen MR) is 44.5 cm³/mol. The number of ether oxygens (including phenoxy) is 1. The molecule has 0 unspecified atom stereocenters. The Morgan fingerprint density at radius 1 is 1.27 bits per heavy atom. The normalized spacial score (nSPS) is 11.2. The Morgan fingerprint density at radius 2 is 1.80 bits per heavy atom. The lowest BCUT2D eigenvalue weighted by molar-refractivity contribution is -0.274. The minimum atomic E-state index is -4.75. The first-order valence-electron chi connectivity index (χ1n) is 3.92. The van der Waals surface area contributed by atoms with Crippen LogP contribution in [0.1, 0.15) is 10.4 Å². The van der Waals surface area contributed by atoms with Crippen molar-refractivity contribution in [2.45, 2.75) is 6.36 Å². The van der Waals surface area contributed by atoms with Crippen molar-refractivity contribution in [2.24, 2.45) is 0 Å². The number of aliphatic hydroxyl groups excluding tert-OH is 1. The van der Waals surface area contributed by atoms with E-state index in [2.05, 4.69) is 4.74 Å². The fourth-order valence-corrected chi connectivity index (χ4v) is 0.934. The molecule has 82 valence electrons. The van der Waals surface area contributed by atoms with Gasteiger partial charge in [0.15, 0.2) is 5.78 Å². The highest BCUT2D eigenvalue weighted by Gasteiger charge is 2.30. The summed E-state index contributed by atoms with van der Waals surface area (Å²) < 4.78 is 38.8. The van der Waals surface area contributed by atoms with E-state index in [1.807, 2.05) is 0 Å². The molecule has 0 fully saturated rings. The van der Waals surface area contributed by atoms with Crippen LogP contribution in [0.25, 0.3) is 0 Å². The molecule has 0 heterocycles. The van der Waals surface area contributed by atoms with E-state index in [1.165, 1.54) is 0 Å². The highest BCUT2D eigenvalue weighted by Crippen LogP contribution is 2.22. The molecule has 1 aromatic rings. The number of halogens is 3. The number of alkyl halides is 3. The topological polar surface area (TPSA) is 46.5 Å². The van der Waals surface area contributed by atoms with Crippen LogP contribution < -0.4 is 4.74 Å². The van der Waals surface area contributed by atoms with Gasteiger partial charge >= 0.3 is 6.36 Å². The average molecular weight is 220 g/mol. The van der Waals surface area contributed by atoms with Crippen molar-refractivity contribution in [3.63, 3.8) is 0 Å². The molecular formula is C9H7F3O3. The Hall–Kier alpha value is -1.56. The zero-order chi connectivity index (χ0) is 11.5. The lowest BCUT2D eigenvalue weighted by Crippen LogP contribution is -2.17. The Balaban J connectivity index is 2.77. The second kappa shape index (κ2) is 4.31. The quantitative estimate of drug-likeness (QED) is 0.789. The van der Waals surface area contributed by atoms with Gasteiger partial charge in [-0.25, -0.2) is 0 Å². The van der Waals surface area contributed by atoms with Gasteiger partial charge in [0, 0.05) is 5.56 Å². The number of hydrogen-bond donors (Lipinski definition) is 1. The van der Waals surface area contributed by atoms with Crippen LogP contribution in [0, 0.1) is 0 Å². The standard InChI is InChI=1S/C9H7F3O3/c10-9(11,12)15-7-3-1-6(2-4-7)8(14)5-13/h1-4,13H,5H2. The van der Waals surface area contributed by atoms with Crippen molar-refractivity contribution in [3.8, 4) is 5.75 Å². The first-order valence-corrected chi connectivity index (χ1v) is 3.92. The molecule has 0 aromatic heterocycles. The number of Topliss-reactive ketones (excluding diaryl/α,β-unsaturated/α-hetero) is 1. The lowest BCUT2D eigenvalue weighted by atomic mass is 10.1. The summed E-state index contributed by atoms with van der Waals surface area (Å²) in [4.78, 5) is 10.9. The summed E-state index contributed by atoms with van der Waals surface area (Å²) in [6.07, 6.45) is -4.75. The van der Waals surface area contributed by atoms with Crippen molar-refractivity contribution in [2.75, 3.05) is 6.61 Å². The average Bonchev–Trinajstić information content (AvgIpc) is 2.15. The van der Waals surface area contributed by atoms with Gasteiger partial charge in [-0.2, -0.15) is 0 Å². The molecule has 6 heteroatoms. The van der Waals surface area contributed by atoms with Gasteiger partial charge in [-0.3, -0.25) is 4.79 Å². The molecule has 0 bridgehead atoms. The maximum Gasteiger partial charge on any atom is 0.573 e. The molecule has 15 heavy (non-hydrogen) atoms. The molecule has 0 spiro atoms. The summed E-state index contributed by atoms with van der Waals surface area (Å²) >= 11 is 0. The first-order chi connectivity index (χ1) is 6.92. The third kappa shape index (κ3) is 3.59. The molecule has 0 aliphatic rings. The van der Waals surface area contributed by atoms with Crippen LogP contribution in [0.3, 0.4) is 0 Å². The van der Waals surface area contributed by atoms with Crippen LogP contribution in [0.15, 0.2) is 24.3 Å². The molecular weight excluding hydrogens is 213 g/mol. The SMILES string of the molecule is O=C(CO)c1ccc(OC(F)(F)F)cc1. The van der Waals surface area contributed by atoms with Crippen molar-refractivity contribution in [1.82, 2.24) is 0 Å². The van der Waals surface area contributed by atoms with E-state index in [4.69, 9.17) is 5.11 Å². The minimum absolute atomic E-state index is 0.132. The van der Waals surface area contributed by atoms with E-state index < -0.39 is 24.5 Å². The van der Waals surface area contributed by atoms with E-state index in [-0.39, 0.29) is 5.56 Å². The number of aliphatic hydroxyl groups is 1. The van der Waals surface area contributed by atoms with E-state index in [0.717, 1.165) is 24.3 Å². The predicted octanol–water partition coefficient (Wildman–Crippen LogP) is 1.76. The van der Waals surface area contributed by atoms with Crippen LogP contribution in [0.5, 0.6) is 5.75 Å². The number of rotatable bonds is 3. The molecule has 0 aliphatic carbocycles. The molecule has 0 saturated carbocycles. The van der Waals surface area contributed by atoms with Gasteiger partial charge in [-0.1, -0.05) is 0 Å². The van der Waals surface area contributed by atoms with Crippen molar-refractivity contribution in [1.29, 1.82) is 0 Å². The summed E-state index contributed by atoms with van der Waals surface area (Å²) in [5.41, 5.74) is 0.132. The first kappa shape index (κ1) is 11.5. The number of benzene rings is 1. The molecule has 0 amide bonds. The monoisotopic (exact) mass is 220 g/mol. The van der Waals surface area contributed by atoms with E-state index in [0.29, 0.717) is 0 Å². The van der Waals surface area contributed by atoms with E-state index in [9.17, 15) is 18.0 Å². The Kier molecular flexibility index (Phi) is 3.31. The molecule has 0 aliphatic heterocycles. The molecule has 1 N–H and O–H groups in total. The van der Waals surface area contributed by atoms with Gasteiger partial charge in [-0.05, 0) is 24.3 Å². The Labute approximate surface area is 83.1 Å². The van der Waals surface area contributed by atoms with Crippen molar-refractivity contribution in [3.05, 3.63) is 29.8 Å². The molecule has 1 rings (SSSR count). The lowest BCUT2D eigenvalue weighted by Gasteiger charge is -2.08. The molecule has 0 saturated heterocycles. The van der Waals surface area contributed by atoms with Crippen LogP contribution >= 0.6 is 0 Å². The van der Waals surface area contributed by atoms with Crippen LogP contribution in [0.4, 0.5) is 13.2 Å². The second-order valence-corrected chi connectivity index (χ2v) is 2.65. The van der Waals surface area contributed by atoms with Crippen LogP contribution in [0.2, 0.25) is 0 Å². The molecule has 1 aromatic carbocycles. The van der Waals surface area contributed by atoms with Crippen LogP contribution in [-0.4, -0.2) is 23.9 Å².